The first-order valence-corrected chi connectivity index (χ1v) is 6.26. The maximum atomic E-state index is 4.92. The summed E-state index contributed by atoms with van der Waals surface area (Å²) in [6.45, 7) is 3.77. The van der Waals surface area contributed by atoms with Gasteiger partial charge in [0, 0.05) is 18.6 Å². The Labute approximate surface area is 96.4 Å². The second kappa shape index (κ2) is 7.74. The average molecular weight is 225 g/mol. The third-order valence-electron chi connectivity index (χ3n) is 2.07. The summed E-state index contributed by atoms with van der Waals surface area (Å²) >= 11 is 1.88. The summed E-state index contributed by atoms with van der Waals surface area (Å²) in [6.07, 6.45) is 1.06. The van der Waals surface area contributed by atoms with Crippen LogP contribution in [0.5, 0.6) is 0 Å². The van der Waals surface area contributed by atoms with Crippen LogP contribution in [0.4, 0.5) is 0 Å². The fraction of sp³-hybridized carbons (Fsp3) is 0.500. The quantitative estimate of drug-likeness (QED) is 0.438. The highest BCUT2D eigenvalue weighted by atomic mass is 32.2. The van der Waals surface area contributed by atoms with Gasteiger partial charge in [-0.3, -0.25) is 5.32 Å². The first-order valence-electron chi connectivity index (χ1n) is 5.28. The van der Waals surface area contributed by atoms with Crippen LogP contribution in [0.25, 0.3) is 0 Å². The molecule has 2 nitrogen and oxygen atoms in total. The first-order chi connectivity index (χ1) is 7.36. The molecule has 0 heterocycles. The lowest BCUT2D eigenvalue weighted by Gasteiger charge is -2.04. The summed E-state index contributed by atoms with van der Waals surface area (Å²) in [4.78, 5) is 1.35. The summed E-state index contributed by atoms with van der Waals surface area (Å²) in [5.41, 5.74) is 1.37. The predicted octanol–water partition coefficient (Wildman–Crippen LogP) is 2.53. The standard InChI is InChI=1S/C12H19NOS/c1-3-15-12-6-4-11(5-7-12)8-9-13-10-14-2/h4-7,13H,3,8-10H2,1-2H3. The molecule has 0 atom stereocenters. The van der Waals surface area contributed by atoms with Gasteiger partial charge in [0.1, 0.15) is 0 Å². The van der Waals surface area contributed by atoms with E-state index in [1.807, 2.05) is 11.8 Å². The number of hydrogen-bond donors (Lipinski definition) is 1. The van der Waals surface area contributed by atoms with Crippen LogP contribution in [0.1, 0.15) is 12.5 Å². The molecule has 1 rings (SSSR count). The Balaban J connectivity index is 2.29. The van der Waals surface area contributed by atoms with Crippen molar-refractivity contribution in [2.24, 2.45) is 0 Å². The molecule has 0 bridgehead atoms. The Morgan fingerprint density at radius 2 is 2.00 bits per heavy atom. The Kier molecular flexibility index (Phi) is 6.48. The molecule has 0 amide bonds. The van der Waals surface area contributed by atoms with Crippen LogP contribution < -0.4 is 5.32 Å². The van der Waals surface area contributed by atoms with E-state index in [1.54, 1.807) is 7.11 Å². The first kappa shape index (κ1) is 12.6. The molecule has 0 saturated carbocycles. The molecule has 0 saturated heterocycles. The van der Waals surface area contributed by atoms with E-state index < -0.39 is 0 Å². The number of benzene rings is 1. The second-order valence-electron chi connectivity index (χ2n) is 3.26. The molecule has 1 aromatic rings. The molecule has 0 aliphatic rings. The number of nitrogens with one attached hydrogen (secondary N) is 1. The van der Waals surface area contributed by atoms with Gasteiger partial charge in [0.2, 0.25) is 0 Å². The molecular weight excluding hydrogens is 206 g/mol. The summed E-state index contributed by atoms with van der Waals surface area (Å²) < 4.78 is 4.92. The molecule has 0 radical (unpaired) electrons. The summed E-state index contributed by atoms with van der Waals surface area (Å²) in [7, 11) is 1.70. The molecule has 0 unspecified atom stereocenters. The van der Waals surface area contributed by atoms with Crippen LogP contribution in [-0.2, 0) is 11.2 Å². The van der Waals surface area contributed by atoms with Crippen LogP contribution in [-0.4, -0.2) is 26.1 Å². The van der Waals surface area contributed by atoms with Gasteiger partial charge in [0.25, 0.3) is 0 Å². The van der Waals surface area contributed by atoms with Gasteiger partial charge in [-0.25, -0.2) is 0 Å². The molecule has 1 N–H and O–H groups in total. The van der Waals surface area contributed by atoms with Crippen LogP contribution in [0, 0.1) is 0 Å². The number of thioether (sulfide) groups is 1. The number of rotatable bonds is 7. The molecule has 1 aromatic carbocycles. The molecule has 0 spiro atoms. The Bertz CT molecular complexity index is 261. The highest BCUT2D eigenvalue weighted by Crippen LogP contribution is 2.17. The van der Waals surface area contributed by atoms with Crippen molar-refractivity contribution in [1.29, 1.82) is 0 Å². The van der Waals surface area contributed by atoms with Crippen molar-refractivity contribution in [3.8, 4) is 0 Å². The van der Waals surface area contributed by atoms with E-state index in [0.717, 1.165) is 18.7 Å². The molecule has 0 aliphatic heterocycles. The largest absolute Gasteiger partial charge is 0.370 e. The van der Waals surface area contributed by atoms with Gasteiger partial charge in [-0.15, -0.1) is 11.8 Å². The van der Waals surface area contributed by atoms with E-state index in [4.69, 9.17) is 4.74 Å². The zero-order valence-corrected chi connectivity index (χ0v) is 10.3. The fourth-order valence-electron chi connectivity index (χ4n) is 1.33. The van der Waals surface area contributed by atoms with Crippen molar-refractivity contribution < 1.29 is 4.74 Å². The van der Waals surface area contributed by atoms with Crippen molar-refractivity contribution in [2.45, 2.75) is 18.2 Å². The smallest absolute Gasteiger partial charge is 0.0961 e. The normalized spacial score (nSPS) is 10.5. The maximum absolute atomic E-state index is 4.92. The van der Waals surface area contributed by atoms with Gasteiger partial charge in [0.05, 0.1) is 6.73 Å². The van der Waals surface area contributed by atoms with Gasteiger partial charge in [-0.1, -0.05) is 19.1 Å². The maximum Gasteiger partial charge on any atom is 0.0961 e. The van der Waals surface area contributed by atoms with Crippen molar-refractivity contribution in [2.75, 3.05) is 26.1 Å². The average Bonchev–Trinajstić information content (AvgIpc) is 2.27. The van der Waals surface area contributed by atoms with E-state index in [2.05, 4.69) is 36.5 Å². The van der Waals surface area contributed by atoms with Crippen LogP contribution in [0.3, 0.4) is 0 Å². The van der Waals surface area contributed by atoms with Gasteiger partial charge < -0.3 is 4.74 Å². The zero-order valence-electron chi connectivity index (χ0n) is 9.45. The Hall–Kier alpha value is -0.510. The van der Waals surface area contributed by atoms with Gasteiger partial charge in [0.15, 0.2) is 0 Å². The van der Waals surface area contributed by atoms with E-state index in [1.165, 1.54) is 10.5 Å². The minimum atomic E-state index is 0.629. The molecule has 0 aliphatic carbocycles. The second-order valence-corrected chi connectivity index (χ2v) is 4.60. The topological polar surface area (TPSA) is 21.3 Å². The predicted molar refractivity (Wildman–Crippen MR) is 66.4 cm³/mol. The van der Waals surface area contributed by atoms with Crippen LogP contribution in [0.2, 0.25) is 0 Å². The van der Waals surface area contributed by atoms with Crippen molar-refractivity contribution in [1.82, 2.24) is 5.32 Å². The zero-order chi connectivity index (χ0) is 10.9. The molecule has 15 heavy (non-hydrogen) atoms. The lowest BCUT2D eigenvalue weighted by Crippen LogP contribution is -2.19. The van der Waals surface area contributed by atoms with E-state index in [-0.39, 0.29) is 0 Å². The van der Waals surface area contributed by atoms with Gasteiger partial charge in [-0.05, 0) is 29.9 Å². The van der Waals surface area contributed by atoms with Crippen molar-refractivity contribution in [3.05, 3.63) is 29.8 Å². The fourth-order valence-corrected chi connectivity index (χ4v) is 1.99. The highest BCUT2D eigenvalue weighted by molar-refractivity contribution is 7.99. The Morgan fingerprint density at radius 1 is 1.27 bits per heavy atom. The molecule has 0 aromatic heterocycles. The third kappa shape index (κ3) is 5.21. The van der Waals surface area contributed by atoms with E-state index in [0.29, 0.717) is 6.73 Å². The molecule has 3 heteroatoms. The van der Waals surface area contributed by atoms with E-state index >= 15 is 0 Å². The Morgan fingerprint density at radius 3 is 2.60 bits per heavy atom. The monoisotopic (exact) mass is 225 g/mol. The SMILES string of the molecule is CCSc1ccc(CCNCOC)cc1. The summed E-state index contributed by atoms with van der Waals surface area (Å²) in [5, 5.41) is 3.20. The summed E-state index contributed by atoms with van der Waals surface area (Å²) in [5.74, 6) is 1.13. The number of ether oxygens (including phenoxy) is 1. The lowest BCUT2D eigenvalue weighted by molar-refractivity contribution is 0.176. The van der Waals surface area contributed by atoms with Crippen LogP contribution >= 0.6 is 11.8 Å². The number of hydrogen-bond acceptors (Lipinski definition) is 3. The van der Waals surface area contributed by atoms with E-state index in [9.17, 15) is 0 Å². The van der Waals surface area contributed by atoms with Gasteiger partial charge in [-0.2, -0.15) is 0 Å². The highest BCUT2D eigenvalue weighted by Gasteiger charge is 1.94. The molecular formula is C12H19NOS. The van der Waals surface area contributed by atoms with Gasteiger partial charge >= 0.3 is 0 Å². The molecule has 84 valence electrons. The van der Waals surface area contributed by atoms with Crippen LogP contribution in [0.15, 0.2) is 29.2 Å². The van der Waals surface area contributed by atoms with Crippen molar-refractivity contribution in [3.63, 3.8) is 0 Å². The lowest BCUT2D eigenvalue weighted by atomic mass is 10.1. The molecule has 0 fully saturated rings. The number of methoxy groups -OCH3 is 1. The summed E-state index contributed by atoms with van der Waals surface area (Å²) in [6, 6.07) is 8.79. The third-order valence-corrected chi connectivity index (χ3v) is 2.97. The van der Waals surface area contributed by atoms with Crippen molar-refractivity contribution >= 4 is 11.8 Å². The minimum Gasteiger partial charge on any atom is -0.370 e. The minimum absolute atomic E-state index is 0.629.